The summed E-state index contributed by atoms with van der Waals surface area (Å²) in [5, 5.41) is 4.74. The van der Waals surface area contributed by atoms with Gasteiger partial charge in [0.1, 0.15) is 4.90 Å². The molecule has 0 saturated carbocycles. The molecule has 0 amide bonds. The first kappa shape index (κ1) is 19.5. The van der Waals surface area contributed by atoms with Gasteiger partial charge in [0.15, 0.2) is 0 Å². The zero-order chi connectivity index (χ0) is 18.9. The van der Waals surface area contributed by atoms with Gasteiger partial charge in [-0.05, 0) is 45.2 Å². The summed E-state index contributed by atoms with van der Waals surface area (Å²) in [6, 6.07) is 8.40. The van der Waals surface area contributed by atoms with E-state index < -0.39 is 10.0 Å². The van der Waals surface area contributed by atoms with Crippen LogP contribution in [-0.2, 0) is 16.6 Å². The van der Waals surface area contributed by atoms with Crippen LogP contribution in [0.25, 0.3) is 0 Å². The number of aryl methyl sites for hydroxylation is 3. The molecule has 1 unspecified atom stereocenters. The first-order valence-corrected chi connectivity index (χ1v) is 11.6. The van der Waals surface area contributed by atoms with Crippen LogP contribution in [0.1, 0.15) is 41.1 Å². The van der Waals surface area contributed by atoms with Crippen LogP contribution in [0.5, 0.6) is 0 Å². The lowest BCUT2D eigenvalue weighted by atomic mass is 10.0. The molecule has 1 aromatic heterocycles. The number of rotatable bonds is 4. The number of thioether (sulfide) groups is 1. The van der Waals surface area contributed by atoms with Crippen molar-refractivity contribution < 1.29 is 8.42 Å². The largest absolute Gasteiger partial charge is 0.268 e. The second-order valence-electron chi connectivity index (χ2n) is 6.72. The zero-order valence-electron chi connectivity index (χ0n) is 15.9. The topological polar surface area (TPSA) is 55.2 Å². The lowest BCUT2D eigenvalue weighted by Gasteiger charge is -2.20. The van der Waals surface area contributed by atoms with Gasteiger partial charge in [-0.2, -0.15) is 21.2 Å². The van der Waals surface area contributed by atoms with E-state index in [1.165, 1.54) is 11.1 Å². The molecule has 0 radical (unpaired) electrons. The van der Waals surface area contributed by atoms with Crippen LogP contribution in [0.15, 0.2) is 29.2 Å². The van der Waals surface area contributed by atoms with Crippen molar-refractivity contribution in [2.45, 2.75) is 50.8 Å². The standard InChI is InChI=1S/C19H27N3O2S2/c1-5-22-16(4)19(15(3)20-22)26(23,24)21-11-10-18(25-13-12-21)17-9-7-6-8-14(17)2/h6-9,18H,5,10-13H2,1-4H3. The molecule has 7 heteroatoms. The Kier molecular flexibility index (Phi) is 5.79. The van der Waals surface area contributed by atoms with E-state index in [1.807, 2.05) is 31.7 Å². The Morgan fingerprint density at radius 1 is 1.19 bits per heavy atom. The summed E-state index contributed by atoms with van der Waals surface area (Å²) in [4.78, 5) is 0.388. The molecule has 3 rings (SSSR count). The molecular weight excluding hydrogens is 366 g/mol. The molecule has 1 saturated heterocycles. The number of sulfonamides is 1. The summed E-state index contributed by atoms with van der Waals surface area (Å²) < 4.78 is 30.0. The van der Waals surface area contributed by atoms with E-state index in [2.05, 4.69) is 30.2 Å². The molecule has 1 aliphatic heterocycles. The Balaban J connectivity index is 1.85. The van der Waals surface area contributed by atoms with Crippen LogP contribution in [0.2, 0.25) is 0 Å². The molecule has 0 bridgehead atoms. The fourth-order valence-electron chi connectivity index (χ4n) is 3.68. The SMILES string of the molecule is CCn1nc(C)c(S(=O)(=O)N2CCSC(c3ccccc3C)CC2)c1C. The minimum absolute atomic E-state index is 0.344. The first-order chi connectivity index (χ1) is 12.4. The van der Waals surface area contributed by atoms with Crippen LogP contribution in [-0.4, -0.2) is 41.3 Å². The molecule has 2 heterocycles. The van der Waals surface area contributed by atoms with Gasteiger partial charge in [-0.3, -0.25) is 4.68 Å². The van der Waals surface area contributed by atoms with Gasteiger partial charge in [0, 0.05) is 30.6 Å². The third kappa shape index (κ3) is 3.57. The fourth-order valence-corrected chi connectivity index (χ4v) is 6.95. The highest BCUT2D eigenvalue weighted by atomic mass is 32.2. The summed E-state index contributed by atoms with van der Waals surface area (Å²) in [6.45, 7) is 9.50. The predicted octanol–water partition coefficient (Wildman–Crippen LogP) is 3.70. The highest BCUT2D eigenvalue weighted by molar-refractivity contribution is 7.99. The normalized spacial score (nSPS) is 19.5. The minimum Gasteiger partial charge on any atom is -0.268 e. The minimum atomic E-state index is -3.52. The fraction of sp³-hybridized carbons (Fsp3) is 0.526. The van der Waals surface area contributed by atoms with Crippen molar-refractivity contribution in [2.75, 3.05) is 18.8 Å². The van der Waals surface area contributed by atoms with E-state index in [9.17, 15) is 8.42 Å². The summed E-state index contributed by atoms with van der Waals surface area (Å²) in [7, 11) is -3.52. The smallest absolute Gasteiger partial charge is 0.246 e. The highest BCUT2D eigenvalue weighted by Crippen LogP contribution is 2.37. The molecule has 5 nitrogen and oxygen atoms in total. The van der Waals surface area contributed by atoms with Crippen molar-refractivity contribution in [3.8, 4) is 0 Å². The van der Waals surface area contributed by atoms with E-state index in [4.69, 9.17) is 0 Å². The molecule has 1 aromatic carbocycles. The summed E-state index contributed by atoms with van der Waals surface area (Å²) >= 11 is 1.86. The van der Waals surface area contributed by atoms with Crippen LogP contribution in [0.3, 0.4) is 0 Å². The second-order valence-corrected chi connectivity index (χ2v) is 9.91. The van der Waals surface area contributed by atoms with Crippen LogP contribution < -0.4 is 0 Å². The van der Waals surface area contributed by atoms with Gasteiger partial charge in [0.25, 0.3) is 0 Å². The Labute approximate surface area is 160 Å². The molecule has 0 aliphatic carbocycles. The molecule has 26 heavy (non-hydrogen) atoms. The van der Waals surface area contributed by atoms with E-state index in [0.717, 1.165) is 17.9 Å². The van der Waals surface area contributed by atoms with Crippen molar-refractivity contribution in [1.29, 1.82) is 0 Å². The van der Waals surface area contributed by atoms with Gasteiger partial charge >= 0.3 is 0 Å². The predicted molar refractivity (Wildman–Crippen MR) is 107 cm³/mol. The Bertz CT molecular complexity index is 890. The lowest BCUT2D eigenvalue weighted by Crippen LogP contribution is -2.33. The van der Waals surface area contributed by atoms with Crippen molar-refractivity contribution in [1.82, 2.24) is 14.1 Å². The van der Waals surface area contributed by atoms with Crippen LogP contribution in [0, 0.1) is 20.8 Å². The van der Waals surface area contributed by atoms with E-state index in [0.29, 0.717) is 35.5 Å². The monoisotopic (exact) mass is 393 g/mol. The molecule has 0 N–H and O–H groups in total. The summed E-state index contributed by atoms with van der Waals surface area (Å²) in [6.07, 6.45) is 0.828. The highest BCUT2D eigenvalue weighted by Gasteiger charge is 2.33. The number of hydrogen-bond acceptors (Lipinski definition) is 4. The Morgan fingerprint density at radius 2 is 1.92 bits per heavy atom. The van der Waals surface area contributed by atoms with E-state index in [1.54, 1.807) is 15.9 Å². The number of hydrogen-bond donors (Lipinski definition) is 0. The van der Waals surface area contributed by atoms with Gasteiger partial charge < -0.3 is 0 Å². The van der Waals surface area contributed by atoms with Gasteiger partial charge in [-0.25, -0.2) is 8.42 Å². The van der Waals surface area contributed by atoms with E-state index >= 15 is 0 Å². The van der Waals surface area contributed by atoms with Crippen LogP contribution in [0.4, 0.5) is 0 Å². The van der Waals surface area contributed by atoms with Crippen molar-refractivity contribution in [2.24, 2.45) is 0 Å². The van der Waals surface area contributed by atoms with Gasteiger partial charge in [0.2, 0.25) is 10.0 Å². The average Bonchev–Trinajstić information content (AvgIpc) is 2.77. The van der Waals surface area contributed by atoms with Gasteiger partial charge in [-0.15, -0.1) is 0 Å². The molecule has 1 atom stereocenters. The zero-order valence-corrected chi connectivity index (χ0v) is 17.5. The Morgan fingerprint density at radius 3 is 2.58 bits per heavy atom. The maximum Gasteiger partial charge on any atom is 0.246 e. The second kappa shape index (κ2) is 7.74. The molecule has 1 fully saturated rings. The molecule has 2 aromatic rings. The molecule has 142 valence electrons. The van der Waals surface area contributed by atoms with Crippen molar-refractivity contribution >= 4 is 21.8 Å². The number of nitrogens with zero attached hydrogens (tertiary/aromatic N) is 3. The number of benzene rings is 1. The first-order valence-electron chi connectivity index (χ1n) is 9.07. The lowest BCUT2D eigenvalue weighted by molar-refractivity contribution is 0.427. The quantitative estimate of drug-likeness (QED) is 0.795. The molecule has 1 aliphatic rings. The molecule has 0 spiro atoms. The maximum absolute atomic E-state index is 13.3. The van der Waals surface area contributed by atoms with Crippen molar-refractivity contribution in [3.63, 3.8) is 0 Å². The van der Waals surface area contributed by atoms with Gasteiger partial charge in [-0.1, -0.05) is 24.3 Å². The van der Waals surface area contributed by atoms with Crippen molar-refractivity contribution in [3.05, 3.63) is 46.8 Å². The average molecular weight is 394 g/mol. The van der Waals surface area contributed by atoms with Gasteiger partial charge in [0.05, 0.1) is 11.4 Å². The summed E-state index contributed by atoms with van der Waals surface area (Å²) in [5.41, 5.74) is 3.93. The Hall–Kier alpha value is -1.31. The van der Waals surface area contributed by atoms with Crippen LogP contribution >= 0.6 is 11.8 Å². The maximum atomic E-state index is 13.3. The summed E-state index contributed by atoms with van der Waals surface area (Å²) in [5.74, 6) is 0.804. The third-order valence-corrected chi connectivity index (χ3v) is 8.51. The van der Waals surface area contributed by atoms with E-state index in [-0.39, 0.29) is 0 Å². The number of aromatic nitrogens is 2. The third-order valence-electron chi connectivity index (χ3n) is 5.05. The molecular formula is C19H27N3O2S2.